The summed E-state index contributed by atoms with van der Waals surface area (Å²) in [4.78, 5) is 25.3. The zero-order valence-corrected chi connectivity index (χ0v) is 45.9. The average molecular weight is 954 g/mol. The summed E-state index contributed by atoms with van der Waals surface area (Å²) in [6, 6.07) is 0. The Labute approximate surface area is 424 Å². The molecule has 0 radical (unpaired) electrons. The molecule has 0 aromatic carbocycles. The lowest BCUT2D eigenvalue weighted by Gasteiger charge is -2.18. The van der Waals surface area contributed by atoms with Gasteiger partial charge in [0.05, 0.1) is 0 Å². The SMILES string of the molecule is CCCCC/C=C\C/C=C\C/C=C\C/C=C\CCCC(=O)OC[C@H](COC(=O)CCCCCCCCCCCCCCCCCCCCC)OCCCCCCCCCCCCCCCCCC. The van der Waals surface area contributed by atoms with Crippen molar-refractivity contribution in [2.45, 2.75) is 322 Å². The lowest BCUT2D eigenvalue weighted by Crippen LogP contribution is -2.29. The summed E-state index contributed by atoms with van der Waals surface area (Å²) in [5, 5.41) is 0. The van der Waals surface area contributed by atoms with Crippen molar-refractivity contribution >= 4 is 11.9 Å². The minimum atomic E-state index is -0.419. The quantitative estimate of drug-likeness (QED) is 0.0345. The van der Waals surface area contributed by atoms with E-state index in [1.54, 1.807) is 0 Å². The summed E-state index contributed by atoms with van der Waals surface area (Å²) in [6.45, 7) is 7.70. The lowest BCUT2D eigenvalue weighted by molar-refractivity contribution is -0.155. The standard InChI is InChI=1S/C63H116O5/c1-4-7-10-13-16-19-22-25-28-31-32-34-36-39-42-45-48-51-54-57-63(65)68-60-61(66-58-55-52-49-46-43-40-37-30-27-24-21-18-15-12-9-6-3)59-67-62(64)56-53-50-47-44-41-38-35-33-29-26-23-20-17-14-11-8-5-2/h17,20,26,29,35,38,44,47,61H,4-16,18-19,21-25,27-28,30-34,36-37,39-43,45-46,48-60H2,1-3H3/b20-17-,29-26-,38-35-,47-44-/t61-/m1/s1. The highest BCUT2D eigenvalue weighted by Gasteiger charge is 2.16. The van der Waals surface area contributed by atoms with E-state index in [4.69, 9.17) is 14.2 Å². The molecule has 0 heterocycles. The zero-order valence-electron chi connectivity index (χ0n) is 45.9. The number of hydrogen-bond donors (Lipinski definition) is 0. The van der Waals surface area contributed by atoms with E-state index in [9.17, 15) is 9.59 Å². The maximum Gasteiger partial charge on any atom is 0.305 e. The zero-order chi connectivity index (χ0) is 49.2. The molecule has 0 fully saturated rings. The van der Waals surface area contributed by atoms with Crippen LogP contribution in [0.5, 0.6) is 0 Å². The van der Waals surface area contributed by atoms with E-state index >= 15 is 0 Å². The molecule has 68 heavy (non-hydrogen) atoms. The van der Waals surface area contributed by atoms with Crippen LogP contribution in [0, 0.1) is 0 Å². The van der Waals surface area contributed by atoms with Crippen molar-refractivity contribution in [3.8, 4) is 0 Å². The van der Waals surface area contributed by atoms with Crippen LogP contribution in [0.15, 0.2) is 48.6 Å². The first-order chi connectivity index (χ1) is 33.6. The Morgan fingerprint density at radius 1 is 0.309 bits per heavy atom. The Hall–Kier alpha value is -2.14. The first-order valence-electron chi connectivity index (χ1n) is 30.2. The van der Waals surface area contributed by atoms with Gasteiger partial charge in [-0.1, -0.05) is 294 Å². The molecule has 0 N–H and O–H groups in total. The van der Waals surface area contributed by atoms with E-state index in [2.05, 4.69) is 69.4 Å². The topological polar surface area (TPSA) is 61.8 Å². The highest BCUT2D eigenvalue weighted by atomic mass is 16.6. The van der Waals surface area contributed by atoms with Gasteiger partial charge in [0.2, 0.25) is 0 Å². The van der Waals surface area contributed by atoms with E-state index in [-0.39, 0.29) is 25.2 Å². The third kappa shape index (κ3) is 56.4. The van der Waals surface area contributed by atoms with Crippen molar-refractivity contribution in [3.05, 3.63) is 48.6 Å². The van der Waals surface area contributed by atoms with Crippen molar-refractivity contribution < 1.29 is 23.8 Å². The van der Waals surface area contributed by atoms with Gasteiger partial charge in [0.25, 0.3) is 0 Å². The second-order valence-electron chi connectivity index (χ2n) is 20.3. The predicted molar refractivity (Wildman–Crippen MR) is 298 cm³/mol. The van der Waals surface area contributed by atoms with Crippen molar-refractivity contribution in [1.29, 1.82) is 0 Å². The Kier molecular flexibility index (Phi) is 57.3. The molecule has 398 valence electrons. The summed E-state index contributed by atoms with van der Waals surface area (Å²) in [6.07, 6.45) is 74.5. The number of ether oxygens (including phenoxy) is 3. The van der Waals surface area contributed by atoms with Crippen molar-refractivity contribution in [3.63, 3.8) is 0 Å². The normalized spacial score (nSPS) is 12.5. The van der Waals surface area contributed by atoms with Crippen LogP contribution < -0.4 is 0 Å². The molecule has 0 unspecified atom stereocenters. The molecular weight excluding hydrogens is 837 g/mol. The van der Waals surface area contributed by atoms with E-state index in [1.165, 1.54) is 225 Å². The fourth-order valence-electron chi connectivity index (χ4n) is 8.83. The number of esters is 2. The number of hydrogen-bond acceptors (Lipinski definition) is 5. The van der Waals surface area contributed by atoms with E-state index in [1.807, 2.05) is 0 Å². The van der Waals surface area contributed by atoms with Gasteiger partial charge < -0.3 is 14.2 Å². The van der Waals surface area contributed by atoms with Crippen molar-refractivity contribution in [1.82, 2.24) is 0 Å². The van der Waals surface area contributed by atoms with Gasteiger partial charge in [0, 0.05) is 19.4 Å². The lowest BCUT2D eigenvalue weighted by atomic mass is 10.0. The summed E-state index contributed by atoms with van der Waals surface area (Å²) >= 11 is 0. The van der Waals surface area contributed by atoms with Crippen molar-refractivity contribution in [2.75, 3.05) is 19.8 Å². The number of allylic oxidation sites excluding steroid dienone is 8. The van der Waals surface area contributed by atoms with Crippen LogP contribution in [0.1, 0.15) is 316 Å². The Morgan fingerprint density at radius 3 is 0.926 bits per heavy atom. The van der Waals surface area contributed by atoms with Crippen LogP contribution >= 0.6 is 0 Å². The minimum absolute atomic E-state index is 0.133. The van der Waals surface area contributed by atoms with Crippen LogP contribution in [-0.2, 0) is 23.8 Å². The van der Waals surface area contributed by atoms with Gasteiger partial charge in [-0.2, -0.15) is 0 Å². The molecule has 0 saturated heterocycles. The molecule has 5 heteroatoms. The third-order valence-corrected chi connectivity index (χ3v) is 13.4. The molecule has 0 saturated carbocycles. The molecule has 0 bridgehead atoms. The van der Waals surface area contributed by atoms with Crippen LogP contribution in [0.2, 0.25) is 0 Å². The maximum absolute atomic E-state index is 12.7. The summed E-state index contributed by atoms with van der Waals surface area (Å²) in [5.41, 5.74) is 0. The molecule has 0 rings (SSSR count). The smallest absolute Gasteiger partial charge is 0.305 e. The second-order valence-corrected chi connectivity index (χ2v) is 20.3. The van der Waals surface area contributed by atoms with Gasteiger partial charge >= 0.3 is 11.9 Å². The highest BCUT2D eigenvalue weighted by molar-refractivity contribution is 5.69. The number of unbranched alkanes of at least 4 members (excludes halogenated alkanes) is 37. The van der Waals surface area contributed by atoms with Gasteiger partial charge in [-0.25, -0.2) is 0 Å². The van der Waals surface area contributed by atoms with Gasteiger partial charge in [-0.05, 0) is 57.8 Å². The molecule has 1 atom stereocenters. The largest absolute Gasteiger partial charge is 0.463 e. The predicted octanol–water partition coefficient (Wildman–Crippen LogP) is 20.7. The Bertz CT molecular complexity index is 1120. The number of rotatable bonds is 56. The first-order valence-corrected chi connectivity index (χ1v) is 30.2. The molecule has 0 amide bonds. The molecule has 0 aliphatic carbocycles. The van der Waals surface area contributed by atoms with Gasteiger partial charge in [-0.3, -0.25) is 9.59 Å². The van der Waals surface area contributed by atoms with Crippen molar-refractivity contribution in [2.24, 2.45) is 0 Å². The van der Waals surface area contributed by atoms with E-state index < -0.39 is 6.10 Å². The second kappa shape index (κ2) is 59.2. The Balaban J connectivity index is 4.28. The average Bonchev–Trinajstić information content (AvgIpc) is 3.34. The summed E-state index contributed by atoms with van der Waals surface area (Å²) in [7, 11) is 0. The molecule has 5 nitrogen and oxygen atoms in total. The molecule has 0 aliphatic rings. The minimum Gasteiger partial charge on any atom is -0.463 e. The monoisotopic (exact) mass is 953 g/mol. The van der Waals surface area contributed by atoms with Gasteiger partial charge in [-0.15, -0.1) is 0 Å². The van der Waals surface area contributed by atoms with E-state index in [0.29, 0.717) is 19.4 Å². The fourth-order valence-corrected chi connectivity index (χ4v) is 8.83. The van der Waals surface area contributed by atoms with E-state index in [0.717, 1.165) is 57.8 Å². The maximum atomic E-state index is 12.7. The van der Waals surface area contributed by atoms with Crippen LogP contribution in [0.4, 0.5) is 0 Å². The summed E-state index contributed by atoms with van der Waals surface area (Å²) < 4.78 is 17.5. The van der Waals surface area contributed by atoms with Crippen LogP contribution in [-0.4, -0.2) is 37.9 Å². The number of carbonyl (C=O) groups excluding carboxylic acids is 2. The molecule has 0 aromatic rings. The third-order valence-electron chi connectivity index (χ3n) is 13.4. The first kappa shape index (κ1) is 65.9. The number of carbonyl (C=O) groups is 2. The summed E-state index contributed by atoms with van der Waals surface area (Å²) in [5.74, 6) is -0.379. The fraction of sp³-hybridized carbons (Fsp3) is 0.841. The molecule has 0 aliphatic heterocycles. The van der Waals surface area contributed by atoms with Gasteiger partial charge in [0.1, 0.15) is 19.3 Å². The molecular formula is C63H116O5. The van der Waals surface area contributed by atoms with Crippen LogP contribution in [0.3, 0.4) is 0 Å². The van der Waals surface area contributed by atoms with Crippen LogP contribution in [0.25, 0.3) is 0 Å². The van der Waals surface area contributed by atoms with Gasteiger partial charge in [0.15, 0.2) is 0 Å². The molecule has 0 spiro atoms. The molecule has 0 aromatic heterocycles. The highest BCUT2D eigenvalue weighted by Crippen LogP contribution is 2.17. The Morgan fingerprint density at radius 2 is 0.574 bits per heavy atom.